The van der Waals surface area contributed by atoms with Crippen LogP contribution in [0, 0.1) is 5.82 Å². The predicted octanol–water partition coefficient (Wildman–Crippen LogP) is 2.34. The molecule has 1 aliphatic heterocycles. The summed E-state index contributed by atoms with van der Waals surface area (Å²) in [7, 11) is 0. The zero-order valence-corrected chi connectivity index (χ0v) is 12.9. The number of fused-ring (bicyclic) bond motifs is 1. The van der Waals surface area contributed by atoms with Crippen LogP contribution in [0.2, 0.25) is 0 Å². The Morgan fingerprint density at radius 2 is 1.95 bits per heavy atom. The van der Waals surface area contributed by atoms with Gasteiger partial charge < -0.3 is 16.4 Å². The number of carbonyl (C=O) groups excluding carboxylic acids is 2. The fraction of sp³-hybridized carbons (Fsp3) is 0.467. The van der Waals surface area contributed by atoms with Crippen molar-refractivity contribution < 1.29 is 14.0 Å². The summed E-state index contributed by atoms with van der Waals surface area (Å²) in [4.78, 5) is 23.6. The number of nitrogens with two attached hydrogens (primary N) is 1. The van der Waals surface area contributed by atoms with E-state index in [0.29, 0.717) is 31.4 Å². The van der Waals surface area contributed by atoms with E-state index in [1.807, 2.05) is 0 Å². The third kappa shape index (κ3) is 3.08. The smallest absolute Gasteiger partial charge is 0.244 e. The van der Waals surface area contributed by atoms with Crippen LogP contribution in [0.15, 0.2) is 12.1 Å². The van der Waals surface area contributed by atoms with Crippen LogP contribution in [0.5, 0.6) is 0 Å². The molecule has 7 heteroatoms. The Labute approximate surface area is 134 Å². The van der Waals surface area contributed by atoms with Gasteiger partial charge in [-0.3, -0.25) is 9.59 Å². The van der Waals surface area contributed by atoms with Gasteiger partial charge in [0.15, 0.2) is 0 Å². The number of nitrogens with one attached hydrogen (secondary N) is 2. The Bertz CT molecular complexity index is 615. The standard InChI is InChI=1S/C15H18FN3O2.ClH/c16-10-7-9-3-4-13(20)18-11(9)8-12(10)19-14(21)15(17)5-1-2-6-15;/h7-8H,1-6,17H2,(H,18,20)(H,19,21);1H. The molecule has 2 aliphatic rings. The van der Waals surface area contributed by atoms with Gasteiger partial charge in [0.05, 0.1) is 11.2 Å². The molecular formula is C15H19ClFN3O2. The summed E-state index contributed by atoms with van der Waals surface area (Å²) in [6.07, 6.45) is 3.90. The van der Waals surface area contributed by atoms with Gasteiger partial charge in [0.2, 0.25) is 11.8 Å². The second-order valence-electron chi connectivity index (χ2n) is 5.85. The van der Waals surface area contributed by atoms with Gasteiger partial charge in [-0.15, -0.1) is 12.4 Å². The van der Waals surface area contributed by atoms with Crippen LogP contribution in [-0.4, -0.2) is 17.4 Å². The molecule has 0 bridgehead atoms. The molecule has 1 aromatic rings. The molecule has 0 radical (unpaired) electrons. The maximum atomic E-state index is 14.1. The highest BCUT2D eigenvalue weighted by atomic mass is 35.5. The van der Waals surface area contributed by atoms with E-state index in [2.05, 4.69) is 10.6 Å². The lowest BCUT2D eigenvalue weighted by molar-refractivity contribution is -0.121. The fourth-order valence-corrected chi connectivity index (χ4v) is 2.97. The van der Waals surface area contributed by atoms with Crippen molar-refractivity contribution in [3.05, 3.63) is 23.5 Å². The molecule has 1 saturated carbocycles. The van der Waals surface area contributed by atoms with Crippen molar-refractivity contribution in [3.8, 4) is 0 Å². The van der Waals surface area contributed by atoms with E-state index in [4.69, 9.17) is 5.73 Å². The Morgan fingerprint density at radius 3 is 2.64 bits per heavy atom. The molecule has 0 spiro atoms. The maximum absolute atomic E-state index is 14.1. The zero-order chi connectivity index (χ0) is 15.0. The molecule has 120 valence electrons. The number of rotatable bonds is 2. The van der Waals surface area contributed by atoms with Crippen LogP contribution in [0.25, 0.3) is 0 Å². The van der Waals surface area contributed by atoms with E-state index in [1.165, 1.54) is 12.1 Å². The minimum absolute atomic E-state index is 0. The van der Waals surface area contributed by atoms with E-state index in [1.54, 1.807) is 0 Å². The average Bonchev–Trinajstić information content (AvgIpc) is 2.88. The van der Waals surface area contributed by atoms with Crippen LogP contribution in [-0.2, 0) is 16.0 Å². The van der Waals surface area contributed by atoms with E-state index < -0.39 is 11.4 Å². The molecule has 3 rings (SSSR count). The highest BCUT2D eigenvalue weighted by Crippen LogP contribution is 2.31. The molecule has 1 fully saturated rings. The summed E-state index contributed by atoms with van der Waals surface area (Å²) in [6.45, 7) is 0. The summed E-state index contributed by atoms with van der Waals surface area (Å²) in [5, 5.41) is 5.26. The summed E-state index contributed by atoms with van der Waals surface area (Å²) in [5.74, 6) is -0.960. The van der Waals surface area contributed by atoms with Crippen molar-refractivity contribution in [3.63, 3.8) is 0 Å². The average molecular weight is 328 g/mol. The predicted molar refractivity (Wildman–Crippen MR) is 84.6 cm³/mol. The van der Waals surface area contributed by atoms with Crippen molar-refractivity contribution in [1.82, 2.24) is 0 Å². The van der Waals surface area contributed by atoms with Crippen molar-refractivity contribution in [2.24, 2.45) is 5.73 Å². The van der Waals surface area contributed by atoms with Gasteiger partial charge in [0.1, 0.15) is 5.82 Å². The molecule has 4 N–H and O–H groups in total. The summed E-state index contributed by atoms with van der Waals surface area (Å²) >= 11 is 0. The van der Waals surface area contributed by atoms with Crippen molar-refractivity contribution >= 4 is 35.6 Å². The lowest BCUT2D eigenvalue weighted by atomic mass is 9.97. The first-order chi connectivity index (χ1) is 9.98. The fourth-order valence-electron chi connectivity index (χ4n) is 2.97. The number of benzene rings is 1. The minimum Gasteiger partial charge on any atom is -0.326 e. The first-order valence-corrected chi connectivity index (χ1v) is 7.20. The molecule has 5 nitrogen and oxygen atoms in total. The molecule has 0 aromatic heterocycles. The highest BCUT2D eigenvalue weighted by Gasteiger charge is 2.37. The Hall–Kier alpha value is -1.66. The number of hydrogen-bond donors (Lipinski definition) is 3. The van der Waals surface area contributed by atoms with Crippen molar-refractivity contribution in [2.75, 3.05) is 10.6 Å². The topological polar surface area (TPSA) is 84.2 Å². The van der Waals surface area contributed by atoms with Gasteiger partial charge in [-0.25, -0.2) is 4.39 Å². The first-order valence-electron chi connectivity index (χ1n) is 7.20. The number of amides is 2. The van der Waals surface area contributed by atoms with Crippen molar-refractivity contribution in [1.29, 1.82) is 0 Å². The molecule has 1 heterocycles. The highest BCUT2D eigenvalue weighted by molar-refractivity contribution is 6.00. The third-order valence-corrected chi connectivity index (χ3v) is 4.28. The number of hydrogen-bond acceptors (Lipinski definition) is 3. The second kappa shape index (κ2) is 6.22. The largest absolute Gasteiger partial charge is 0.326 e. The Kier molecular flexibility index (Phi) is 4.72. The lowest BCUT2D eigenvalue weighted by Crippen LogP contribution is -2.48. The van der Waals surface area contributed by atoms with Crippen LogP contribution < -0.4 is 16.4 Å². The molecular weight excluding hydrogens is 309 g/mol. The molecule has 22 heavy (non-hydrogen) atoms. The monoisotopic (exact) mass is 327 g/mol. The van der Waals surface area contributed by atoms with Crippen LogP contribution in [0.3, 0.4) is 0 Å². The van der Waals surface area contributed by atoms with Crippen molar-refractivity contribution in [2.45, 2.75) is 44.1 Å². The molecule has 2 amide bonds. The second-order valence-corrected chi connectivity index (χ2v) is 5.85. The quantitative estimate of drug-likeness (QED) is 0.779. The van der Waals surface area contributed by atoms with Gasteiger partial charge in [0, 0.05) is 12.1 Å². The van der Waals surface area contributed by atoms with Gasteiger partial charge in [-0.2, -0.15) is 0 Å². The summed E-state index contributed by atoms with van der Waals surface area (Å²) < 4.78 is 14.1. The molecule has 0 saturated heterocycles. The maximum Gasteiger partial charge on any atom is 0.244 e. The minimum atomic E-state index is -0.911. The zero-order valence-electron chi connectivity index (χ0n) is 12.1. The van der Waals surface area contributed by atoms with Gasteiger partial charge in [-0.05, 0) is 37.0 Å². The van der Waals surface area contributed by atoms with E-state index in [-0.39, 0.29) is 29.9 Å². The molecule has 0 unspecified atom stereocenters. The molecule has 0 atom stereocenters. The van der Waals surface area contributed by atoms with Gasteiger partial charge >= 0.3 is 0 Å². The normalized spacial score (nSPS) is 18.9. The van der Waals surface area contributed by atoms with Gasteiger partial charge in [-0.1, -0.05) is 12.8 Å². The molecule has 1 aromatic carbocycles. The molecule has 1 aliphatic carbocycles. The van der Waals surface area contributed by atoms with Crippen LogP contribution in [0.1, 0.15) is 37.7 Å². The number of halogens is 2. The first kappa shape index (κ1) is 16.7. The Morgan fingerprint density at radius 1 is 1.27 bits per heavy atom. The summed E-state index contributed by atoms with van der Waals surface area (Å²) in [5.41, 5.74) is 6.51. The Balaban J connectivity index is 0.00000176. The number of carbonyl (C=O) groups is 2. The number of anilines is 2. The van der Waals surface area contributed by atoms with Gasteiger partial charge in [0.25, 0.3) is 0 Å². The summed E-state index contributed by atoms with van der Waals surface area (Å²) in [6, 6.07) is 2.83. The third-order valence-electron chi connectivity index (χ3n) is 4.28. The van der Waals surface area contributed by atoms with Crippen LogP contribution in [0.4, 0.5) is 15.8 Å². The van der Waals surface area contributed by atoms with E-state index >= 15 is 0 Å². The van der Waals surface area contributed by atoms with E-state index in [9.17, 15) is 14.0 Å². The van der Waals surface area contributed by atoms with Crippen LogP contribution >= 0.6 is 12.4 Å². The SMILES string of the molecule is Cl.NC1(C(=O)Nc2cc3c(cc2F)CCC(=O)N3)CCCC1. The lowest BCUT2D eigenvalue weighted by Gasteiger charge is -2.23. The van der Waals surface area contributed by atoms with E-state index in [0.717, 1.165) is 18.4 Å². The number of aryl methyl sites for hydroxylation is 1.